The minimum atomic E-state index is 0.508. The van der Waals surface area contributed by atoms with E-state index in [-0.39, 0.29) is 0 Å². The molecule has 3 nitrogen and oxygen atoms in total. The Labute approximate surface area is 142 Å². The third-order valence-corrected chi connectivity index (χ3v) is 3.76. The molecule has 3 rings (SSSR count). The molecule has 24 heavy (non-hydrogen) atoms. The molecule has 2 aromatic carbocycles. The van der Waals surface area contributed by atoms with Crippen LogP contribution in [0.15, 0.2) is 73.4 Å². The van der Waals surface area contributed by atoms with Crippen LogP contribution in [0, 0.1) is 0 Å². The lowest BCUT2D eigenvalue weighted by Gasteiger charge is -2.10. The molecule has 0 aliphatic rings. The summed E-state index contributed by atoms with van der Waals surface area (Å²) in [6.45, 7) is 4.38. The Hall–Kier alpha value is -3.07. The van der Waals surface area contributed by atoms with Crippen LogP contribution in [0.4, 0.5) is 0 Å². The number of benzene rings is 2. The first kappa shape index (κ1) is 15.8. The summed E-state index contributed by atoms with van der Waals surface area (Å²) in [5.74, 6) is 1.42. The first-order valence-corrected chi connectivity index (χ1v) is 7.74. The maximum absolute atomic E-state index is 5.72. The molecule has 0 unspecified atom stereocenters. The van der Waals surface area contributed by atoms with Crippen LogP contribution in [0.3, 0.4) is 0 Å². The van der Waals surface area contributed by atoms with Gasteiger partial charge in [-0.1, -0.05) is 49.1 Å². The van der Waals surface area contributed by atoms with Crippen molar-refractivity contribution in [3.63, 3.8) is 0 Å². The summed E-state index contributed by atoms with van der Waals surface area (Å²) in [6, 6.07) is 19.8. The number of ether oxygens (including phenoxy) is 2. The zero-order valence-electron chi connectivity index (χ0n) is 13.6. The molecule has 3 heteroatoms. The van der Waals surface area contributed by atoms with Gasteiger partial charge in [-0.25, -0.2) is 4.98 Å². The lowest BCUT2D eigenvalue weighted by Crippen LogP contribution is -1.97. The molecular weight excluding hydrogens is 298 g/mol. The Balaban J connectivity index is 1.76. The second-order valence-corrected chi connectivity index (χ2v) is 5.32. The van der Waals surface area contributed by atoms with Gasteiger partial charge in [0.25, 0.3) is 0 Å². The van der Waals surface area contributed by atoms with Gasteiger partial charge >= 0.3 is 0 Å². The summed E-state index contributed by atoms with van der Waals surface area (Å²) in [4.78, 5) is 4.40. The summed E-state index contributed by atoms with van der Waals surface area (Å²) in [5, 5.41) is 0. The van der Waals surface area contributed by atoms with Crippen molar-refractivity contribution >= 4 is 6.08 Å². The minimum Gasteiger partial charge on any atom is -0.497 e. The predicted molar refractivity (Wildman–Crippen MR) is 97.1 cm³/mol. The second kappa shape index (κ2) is 7.47. The van der Waals surface area contributed by atoms with E-state index >= 15 is 0 Å². The van der Waals surface area contributed by atoms with E-state index in [4.69, 9.17) is 9.47 Å². The van der Waals surface area contributed by atoms with Gasteiger partial charge < -0.3 is 9.47 Å². The van der Waals surface area contributed by atoms with Gasteiger partial charge in [0.1, 0.15) is 12.4 Å². The SMILES string of the molecule is C=Cc1cc(OC)ccc1-c1ccc(OCc2ccccc2)nc1. The van der Waals surface area contributed by atoms with Crippen LogP contribution in [-0.4, -0.2) is 12.1 Å². The molecule has 0 aliphatic heterocycles. The molecule has 0 N–H and O–H groups in total. The summed E-state index contributed by atoms with van der Waals surface area (Å²) < 4.78 is 11.0. The molecule has 1 aromatic heterocycles. The third kappa shape index (κ3) is 3.63. The average molecular weight is 317 g/mol. The highest BCUT2D eigenvalue weighted by atomic mass is 16.5. The third-order valence-electron chi connectivity index (χ3n) is 3.76. The Kier molecular flexibility index (Phi) is 4.92. The lowest BCUT2D eigenvalue weighted by molar-refractivity contribution is 0.294. The van der Waals surface area contributed by atoms with Crippen LogP contribution in [0.25, 0.3) is 17.2 Å². The molecule has 0 aliphatic carbocycles. The van der Waals surface area contributed by atoms with E-state index in [1.54, 1.807) is 7.11 Å². The molecule has 0 fully saturated rings. The summed E-state index contributed by atoms with van der Waals surface area (Å²) in [7, 11) is 1.66. The zero-order valence-corrected chi connectivity index (χ0v) is 13.6. The van der Waals surface area contributed by atoms with Gasteiger partial charge in [-0.2, -0.15) is 0 Å². The van der Waals surface area contributed by atoms with E-state index in [1.807, 2.05) is 72.9 Å². The van der Waals surface area contributed by atoms with Crippen LogP contribution in [-0.2, 0) is 6.61 Å². The number of hydrogen-bond donors (Lipinski definition) is 0. The summed E-state index contributed by atoms with van der Waals surface area (Å²) in [6.07, 6.45) is 3.63. The van der Waals surface area contributed by atoms with Gasteiger partial charge in [0.2, 0.25) is 5.88 Å². The number of rotatable bonds is 6. The van der Waals surface area contributed by atoms with Gasteiger partial charge in [-0.15, -0.1) is 0 Å². The molecule has 120 valence electrons. The van der Waals surface area contributed by atoms with E-state index in [0.717, 1.165) is 28.0 Å². The topological polar surface area (TPSA) is 31.4 Å². The van der Waals surface area contributed by atoms with Crippen molar-refractivity contribution in [2.24, 2.45) is 0 Å². The largest absolute Gasteiger partial charge is 0.497 e. The maximum Gasteiger partial charge on any atom is 0.213 e. The molecule has 0 atom stereocenters. The molecule has 0 amide bonds. The maximum atomic E-state index is 5.72. The van der Waals surface area contributed by atoms with E-state index < -0.39 is 0 Å². The molecular formula is C21H19NO2. The average Bonchev–Trinajstić information content (AvgIpc) is 2.67. The van der Waals surface area contributed by atoms with Crippen molar-refractivity contribution in [3.8, 4) is 22.8 Å². The smallest absolute Gasteiger partial charge is 0.213 e. The molecule has 3 aromatic rings. The van der Waals surface area contributed by atoms with E-state index in [1.165, 1.54) is 0 Å². The molecule has 0 saturated heterocycles. The quantitative estimate of drug-likeness (QED) is 0.642. The van der Waals surface area contributed by atoms with Gasteiger partial charge in [0.15, 0.2) is 0 Å². The van der Waals surface area contributed by atoms with Gasteiger partial charge in [0.05, 0.1) is 7.11 Å². The van der Waals surface area contributed by atoms with Crippen molar-refractivity contribution < 1.29 is 9.47 Å². The highest BCUT2D eigenvalue weighted by Gasteiger charge is 2.06. The van der Waals surface area contributed by atoms with Gasteiger partial charge in [-0.05, 0) is 34.9 Å². The second-order valence-electron chi connectivity index (χ2n) is 5.32. The van der Waals surface area contributed by atoms with Crippen LogP contribution >= 0.6 is 0 Å². The van der Waals surface area contributed by atoms with Crippen molar-refractivity contribution in [2.75, 3.05) is 7.11 Å². The standard InChI is InChI=1S/C21H19NO2/c1-3-17-13-19(23-2)10-11-20(17)18-9-12-21(22-14-18)24-15-16-7-5-4-6-8-16/h3-14H,1,15H2,2H3. The molecule has 0 bridgehead atoms. The summed E-state index contributed by atoms with van der Waals surface area (Å²) in [5.41, 5.74) is 4.20. The first-order valence-electron chi connectivity index (χ1n) is 7.74. The van der Waals surface area contributed by atoms with Crippen molar-refractivity contribution in [2.45, 2.75) is 6.61 Å². The van der Waals surface area contributed by atoms with Crippen molar-refractivity contribution in [1.29, 1.82) is 0 Å². The van der Waals surface area contributed by atoms with Crippen LogP contribution in [0.2, 0.25) is 0 Å². The van der Waals surface area contributed by atoms with E-state index in [0.29, 0.717) is 12.5 Å². The Morgan fingerprint density at radius 3 is 2.54 bits per heavy atom. The molecule has 0 spiro atoms. The fraction of sp³-hybridized carbons (Fsp3) is 0.0952. The van der Waals surface area contributed by atoms with Crippen molar-refractivity contribution in [3.05, 3.63) is 84.6 Å². The van der Waals surface area contributed by atoms with E-state index in [9.17, 15) is 0 Å². The Morgan fingerprint density at radius 1 is 1.04 bits per heavy atom. The summed E-state index contributed by atoms with van der Waals surface area (Å²) >= 11 is 0. The highest BCUT2D eigenvalue weighted by molar-refractivity contribution is 5.75. The van der Waals surface area contributed by atoms with Crippen LogP contribution < -0.4 is 9.47 Å². The van der Waals surface area contributed by atoms with Crippen molar-refractivity contribution in [1.82, 2.24) is 4.98 Å². The van der Waals surface area contributed by atoms with Crippen LogP contribution in [0.5, 0.6) is 11.6 Å². The number of methoxy groups -OCH3 is 1. The molecule has 0 saturated carbocycles. The zero-order chi connectivity index (χ0) is 16.8. The predicted octanol–water partition coefficient (Wildman–Crippen LogP) is 4.98. The molecule has 1 heterocycles. The normalized spacial score (nSPS) is 10.2. The first-order chi connectivity index (χ1) is 11.8. The number of hydrogen-bond acceptors (Lipinski definition) is 3. The van der Waals surface area contributed by atoms with Crippen LogP contribution in [0.1, 0.15) is 11.1 Å². The lowest BCUT2D eigenvalue weighted by atomic mass is 10.0. The Bertz CT molecular complexity index is 811. The molecule has 0 radical (unpaired) electrons. The Morgan fingerprint density at radius 2 is 1.88 bits per heavy atom. The van der Waals surface area contributed by atoms with Gasteiger partial charge in [-0.3, -0.25) is 0 Å². The number of pyridine rings is 1. The fourth-order valence-corrected chi connectivity index (χ4v) is 2.46. The highest BCUT2D eigenvalue weighted by Crippen LogP contribution is 2.28. The monoisotopic (exact) mass is 317 g/mol. The number of nitrogens with zero attached hydrogens (tertiary/aromatic N) is 1. The number of aromatic nitrogens is 1. The minimum absolute atomic E-state index is 0.508. The van der Waals surface area contributed by atoms with Gasteiger partial charge in [0, 0.05) is 17.8 Å². The fourth-order valence-electron chi connectivity index (χ4n) is 2.46. The van der Waals surface area contributed by atoms with E-state index in [2.05, 4.69) is 11.6 Å².